The molecule has 0 saturated heterocycles. The number of aliphatic hydroxyl groups is 2. The van der Waals surface area contributed by atoms with Crippen LogP contribution in [-0.2, 0) is 9.59 Å². The van der Waals surface area contributed by atoms with Gasteiger partial charge < -0.3 is 14.6 Å². The lowest BCUT2D eigenvalue weighted by Gasteiger charge is -2.44. The van der Waals surface area contributed by atoms with Crippen LogP contribution in [0.2, 0.25) is 0 Å². The number of carbonyl (C=O) groups excluding carboxylic acids is 3. The predicted octanol–water partition coefficient (Wildman–Crippen LogP) is 2.41. The fourth-order valence-electron chi connectivity index (χ4n) is 4.91. The van der Waals surface area contributed by atoms with Crippen molar-refractivity contribution in [2.24, 2.45) is 17.8 Å². The first-order valence-electron chi connectivity index (χ1n) is 9.89. The van der Waals surface area contributed by atoms with Crippen molar-refractivity contribution in [2.45, 2.75) is 50.2 Å². The van der Waals surface area contributed by atoms with Gasteiger partial charge in [0.25, 0.3) is 0 Å². The summed E-state index contributed by atoms with van der Waals surface area (Å²) in [6, 6.07) is 2.89. The van der Waals surface area contributed by atoms with E-state index in [0.717, 1.165) is 32.1 Å². The number of ketones is 3. The lowest BCUT2D eigenvalue weighted by Crippen LogP contribution is -2.59. The largest absolute Gasteiger partial charge is 0.461 e. The van der Waals surface area contributed by atoms with E-state index >= 15 is 0 Å². The minimum atomic E-state index is -2.15. The second kappa shape index (κ2) is 7.26. The highest BCUT2D eigenvalue weighted by Crippen LogP contribution is 2.45. The number of hydrogen-bond donors (Lipinski definition) is 2. The van der Waals surface area contributed by atoms with E-state index in [1.54, 1.807) is 6.08 Å². The third kappa shape index (κ3) is 3.01. The Morgan fingerprint density at radius 2 is 1.96 bits per heavy atom. The maximum atomic E-state index is 13.4. The zero-order valence-electron chi connectivity index (χ0n) is 15.5. The van der Waals surface area contributed by atoms with Crippen molar-refractivity contribution in [2.75, 3.05) is 0 Å². The lowest BCUT2D eigenvalue weighted by atomic mass is 9.61. The zero-order valence-corrected chi connectivity index (χ0v) is 15.5. The van der Waals surface area contributed by atoms with Crippen molar-refractivity contribution in [1.29, 1.82) is 0 Å². The van der Waals surface area contributed by atoms with Gasteiger partial charge in [-0.15, -0.1) is 0 Å². The van der Waals surface area contributed by atoms with Gasteiger partial charge in [0.05, 0.1) is 12.2 Å². The molecule has 3 aliphatic carbocycles. The predicted molar refractivity (Wildman–Crippen MR) is 99.4 cm³/mol. The number of allylic oxidation sites excluding steroid dienone is 3. The fourth-order valence-corrected chi connectivity index (χ4v) is 4.91. The Bertz CT molecular complexity index is 842. The number of rotatable bonds is 4. The van der Waals surface area contributed by atoms with E-state index in [4.69, 9.17) is 4.42 Å². The van der Waals surface area contributed by atoms with Crippen LogP contribution in [0.15, 0.2) is 46.6 Å². The molecule has 1 aromatic heterocycles. The molecule has 1 heterocycles. The summed E-state index contributed by atoms with van der Waals surface area (Å²) in [6.45, 7) is 0. The molecule has 2 N–H and O–H groups in total. The van der Waals surface area contributed by atoms with Crippen molar-refractivity contribution < 1.29 is 29.0 Å². The van der Waals surface area contributed by atoms with Crippen LogP contribution in [0.4, 0.5) is 0 Å². The Labute approximate surface area is 162 Å². The summed E-state index contributed by atoms with van der Waals surface area (Å²) >= 11 is 0. The highest BCUT2D eigenvalue weighted by Gasteiger charge is 2.56. The summed E-state index contributed by atoms with van der Waals surface area (Å²) in [5.74, 6) is -3.39. The average Bonchev–Trinajstić information content (AvgIpc) is 3.25. The fraction of sp³-hybridized carbons (Fsp3) is 0.500. The maximum absolute atomic E-state index is 13.4. The summed E-state index contributed by atoms with van der Waals surface area (Å²) in [5, 5.41) is 22.0. The highest BCUT2D eigenvalue weighted by atomic mass is 16.4. The first-order chi connectivity index (χ1) is 13.4. The van der Waals surface area contributed by atoms with Crippen LogP contribution in [0, 0.1) is 17.8 Å². The molecule has 4 atom stereocenters. The van der Waals surface area contributed by atoms with E-state index in [-0.39, 0.29) is 23.2 Å². The molecule has 0 amide bonds. The van der Waals surface area contributed by atoms with Crippen LogP contribution in [0.25, 0.3) is 0 Å². The van der Waals surface area contributed by atoms with Gasteiger partial charge in [-0.25, -0.2) is 0 Å². The molecule has 3 aliphatic rings. The molecule has 0 radical (unpaired) electrons. The van der Waals surface area contributed by atoms with Crippen molar-refractivity contribution in [1.82, 2.24) is 0 Å². The van der Waals surface area contributed by atoms with Gasteiger partial charge in [0, 0.05) is 11.5 Å². The third-order valence-electron chi connectivity index (χ3n) is 6.40. The first kappa shape index (κ1) is 19.0. The van der Waals surface area contributed by atoms with Gasteiger partial charge >= 0.3 is 0 Å². The van der Waals surface area contributed by atoms with Crippen LogP contribution in [-0.4, -0.2) is 39.3 Å². The molecule has 1 aromatic rings. The van der Waals surface area contributed by atoms with Crippen LogP contribution in [0.5, 0.6) is 0 Å². The van der Waals surface area contributed by atoms with Crippen LogP contribution in [0.3, 0.4) is 0 Å². The smallest absolute Gasteiger partial charge is 0.229 e. The maximum Gasteiger partial charge on any atom is 0.229 e. The summed E-state index contributed by atoms with van der Waals surface area (Å²) in [5.41, 5.74) is -1.70. The molecule has 6 nitrogen and oxygen atoms in total. The molecule has 0 spiro atoms. The van der Waals surface area contributed by atoms with Gasteiger partial charge in [0.15, 0.2) is 23.4 Å². The Morgan fingerprint density at radius 3 is 2.64 bits per heavy atom. The molecule has 6 heteroatoms. The molecular formula is C22H24O6. The first-order valence-corrected chi connectivity index (χ1v) is 9.89. The SMILES string of the molecule is O=C1C=C(C2CCCCC2)C(=O)C2C1CC=CC2(O)C(O)C(=O)c1ccco1. The molecule has 28 heavy (non-hydrogen) atoms. The normalized spacial score (nSPS) is 32.0. The standard InChI is InChI=1S/C22H24O6/c23-16-12-15(13-6-2-1-3-7-13)19(24)18-14(16)8-4-10-22(18,27)21(26)20(25)17-9-5-11-28-17/h4-5,9-14,18,21,26-27H,1-3,6-8H2. The van der Waals surface area contributed by atoms with E-state index in [0.29, 0.717) is 12.0 Å². The van der Waals surface area contributed by atoms with Crippen molar-refractivity contribution in [3.63, 3.8) is 0 Å². The highest BCUT2D eigenvalue weighted by molar-refractivity contribution is 6.12. The molecule has 1 saturated carbocycles. The summed E-state index contributed by atoms with van der Waals surface area (Å²) in [7, 11) is 0. The van der Waals surface area contributed by atoms with Gasteiger partial charge in [-0.1, -0.05) is 31.4 Å². The number of fused-ring (bicyclic) bond motifs is 1. The second-order valence-corrected chi connectivity index (χ2v) is 8.05. The summed E-state index contributed by atoms with van der Waals surface area (Å²) in [4.78, 5) is 38.8. The molecule has 0 bridgehead atoms. The monoisotopic (exact) mass is 384 g/mol. The molecule has 4 rings (SSSR count). The zero-order chi connectivity index (χ0) is 19.9. The van der Waals surface area contributed by atoms with Gasteiger partial charge in [-0.2, -0.15) is 0 Å². The van der Waals surface area contributed by atoms with Crippen molar-refractivity contribution in [3.8, 4) is 0 Å². The van der Waals surface area contributed by atoms with Crippen LogP contribution in [0.1, 0.15) is 49.1 Å². The number of Topliss-reactive ketones (excluding diaryl/α,β-unsaturated/α-hetero) is 2. The molecule has 4 unspecified atom stereocenters. The van der Waals surface area contributed by atoms with Gasteiger partial charge in [0.2, 0.25) is 5.78 Å². The Balaban J connectivity index is 1.69. The number of hydrogen-bond acceptors (Lipinski definition) is 6. The molecule has 0 aliphatic heterocycles. The van der Waals surface area contributed by atoms with E-state index < -0.39 is 29.3 Å². The van der Waals surface area contributed by atoms with E-state index in [2.05, 4.69) is 0 Å². The number of furan rings is 1. The van der Waals surface area contributed by atoms with Gasteiger partial charge in [-0.05, 0) is 43.4 Å². The Kier molecular flexibility index (Phi) is 4.93. The van der Waals surface area contributed by atoms with E-state index in [1.165, 1.54) is 30.5 Å². The van der Waals surface area contributed by atoms with Gasteiger partial charge in [-0.3, -0.25) is 14.4 Å². The van der Waals surface area contributed by atoms with Crippen LogP contribution < -0.4 is 0 Å². The number of aliphatic hydroxyl groups excluding tert-OH is 1. The van der Waals surface area contributed by atoms with Crippen molar-refractivity contribution >= 4 is 17.3 Å². The molecule has 148 valence electrons. The minimum absolute atomic E-state index is 0.000718. The summed E-state index contributed by atoms with van der Waals surface area (Å²) in [6.07, 6.45) is 8.79. The lowest BCUT2D eigenvalue weighted by molar-refractivity contribution is -0.146. The van der Waals surface area contributed by atoms with Gasteiger partial charge in [0.1, 0.15) is 5.60 Å². The summed E-state index contributed by atoms with van der Waals surface area (Å²) < 4.78 is 5.04. The number of carbonyl (C=O) groups is 3. The molecule has 1 fully saturated rings. The Hall–Kier alpha value is -2.31. The average molecular weight is 384 g/mol. The second-order valence-electron chi connectivity index (χ2n) is 8.05. The molecule has 0 aromatic carbocycles. The van der Waals surface area contributed by atoms with E-state index in [9.17, 15) is 24.6 Å². The third-order valence-corrected chi connectivity index (χ3v) is 6.40. The Morgan fingerprint density at radius 1 is 1.21 bits per heavy atom. The molecular weight excluding hydrogens is 360 g/mol. The van der Waals surface area contributed by atoms with Crippen LogP contribution >= 0.6 is 0 Å². The quantitative estimate of drug-likeness (QED) is 0.610. The topological polar surface area (TPSA) is 105 Å². The van der Waals surface area contributed by atoms with Crippen molar-refractivity contribution in [3.05, 3.63) is 48.0 Å². The van der Waals surface area contributed by atoms with E-state index in [1.807, 2.05) is 0 Å². The minimum Gasteiger partial charge on any atom is -0.461 e.